The van der Waals surface area contributed by atoms with Gasteiger partial charge >= 0.3 is 0 Å². The van der Waals surface area contributed by atoms with Crippen molar-refractivity contribution in [1.82, 2.24) is 5.32 Å². The molecule has 190 valence electrons. The molecule has 2 rings (SSSR count). The van der Waals surface area contributed by atoms with E-state index in [0.717, 1.165) is 42.9 Å². The number of aromatic nitrogens is 1. The molecule has 0 aliphatic carbocycles. The van der Waals surface area contributed by atoms with Crippen LogP contribution in [0.15, 0.2) is 42.7 Å². The number of ether oxygens (including phenoxy) is 1. The number of rotatable bonds is 17. The average Bonchev–Trinajstić information content (AvgIpc) is 2.82. The molecule has 0 saturated heterocycles. The number of amides is 1. The van der Waals surface area contributed by atoms with Gasteiger partial charge in [-0.25, -0.2) is 4.57 Å². The molecule has 2 aromatic rings. The molecule has 0 spiro atoms. The summed E-state index contributed by atoms with van der Waals surface area (Å²) in [7, 11) is 0. The van der Waals surface area contributed by atoms with Crippen LogP contribution in [0.2, 0.25) is 0 Å². The Hall–Kier alpha value is -1.63. The van der Waals surface area contributed by atoms with Crippen molar-refractivity contribution in [3.63, 3.8) is 0 Å². The van der Waals surface area contributed by atoms with E-state index in [-0.39, 0.29) is 29.9 Å². The Kier molecular flexibility index (Phi) is 16.7. The number of aryl methyl sites for hydroxylation is 2. The van der Waals surface area contributed by atoms with E-state index in [4.69, 9.17) is 4.74 Å². The van der Waals surface area contributed by atoms with Gasteiger partial charge in [-0.15, -0.1) is 0 Å². The smallest absolute Gasteiger partial charge is 0.252 e. The normalized spacial score (nSPS) is 10.6. The number of unbranched alkanes of at least 4 members (excludes halogenated alkanes) is 9. The number of carbonyl (C=O) groups is 1. The first-order chi connectivity index (χ1) is 16.1. The Morgan fingerprint density at radius 3 is 2.06 bits per heavy atom. The molecule has 0 bridgehead atoms. The highest BCUT2D eigenvalue weighted by molar-refractivity contribution is 5.93. The van der Waals surface area contributed by atoms with Gasteiger partial charge in [0, 0.05) is 25.1 Å². The minimum Gasteiger partial charge on any atom is -1.00 e. The van der Waals surface area contributed by atoms with Crippen LogP contribution in [0.25, 0.3) is 0 Å². The van der Waals surface area contributed by atoms with Gasteiger partial charge in [-0.2, -0.15) is 0 Å². The number of nitrogens with zero attached hydrogens (tertiary/aromatic N) is 1. The fourth-order valence-electron chi connectivity index (χ4n) is 4.03. The zero-order valence-corrected chi connectivity index (χ0v) is 23.7. The van der Waals surface area contributed by atoms with Gasteiger partial charge in [-0.1, -0.05) is 77.7 Å². The lowest BCUT2D eigenvalue weighted by molar-refractivity contribution is -0.697. The van der Waals surface area contributed by atoms with E-state index in [1.807, 2.05) is 30.6 Å². The lowest BCUT2D eigenvalue weighted by atomic mass is 10.1. The van der Waals surface area contributed by atoms with Gasteiger partial charge in [0.05, 0.1) is 12.2 Å². The third-order valence-corrected chi connectivity index (χ3v) is 6.16. The van der Waals surface area contributed by atoms with E-state index in [1.165, 1.54) is 57.8 Å². The number of benzene rings is 1. The fraction of sp³-hybridized carbons (Fsp3) is 0.586. The van der Waals surface area contributed by atoms with Crippen LogP contribution in [-0.4, -0.2) is 12.5 Å². The minimum atomic E-state index is -0.0423. The van der Waals surface area contributed by atoms with Crippen LogP contribution in [-0.2, 0) is 13.1 Å². The lowest BCUT2D eigenvalue weighted by Crippen LogP contribution is -3.00. The molecule has 1 aromatic heterocycles. The predicted molar refractivity (Wildman–Crippen MR) is 137 cm³/mol. The van der Waals surface area contributed by atoms with E-state index in [2.05, 4.69) is 42.8 Å². The predicted octanol–water partition coefficient (Wildman–Crippen LogP) is 3.93. The van der Waals surface area contributed by atoms with Crippen molar-refractivity contribution in [1.29, 1.82) is 0 Å². The number of hydrogen-bond acceptors (Lipinski definition) is 2. The van der Waals surface area contributed by atoms with E-state index < -0.39 is 0 Å². The maximum Gasteiger partial charge on any atom is 0.252 e. The summed E-state index contributed by atoms with van der Waals surface area (Å²) < 4.78 is 8.04. The monoisotopic (exact) mass is 580 g/mol. The molecule has 1 aromatic carbocycles. The molecule has 34 heavy (non-hydrogen) atoms. The Morgan fingerprint density at radius 2 is 1.47 bits per heavy atom. The second-order valence-corrected chi connectivity index (χ2v) is 9.13. The second kappa shape index (κ2) is 18.7. The van der Waals surface area contributed by atoms with Crippen molar-refractivity contribution in [2.45, 2.75) is 104 Å². The van der Waals surface area contributed by atoms with E-state index >= 15 is 0 Å². The Labute approximate surface area is 224 Å². The van der Waals surface area contributed by atoms with Gasteiger partial charge in [-0.05, 0) is 36.6 Å². The number of halogens is 1. The topological polar surface area (TPSA) is 42.2 Å². The van der Waals surface area contributed by atoms with Crippen LogP contribution in [0.1, 0.15) is 106 Å². The SMILES string of the molecule is CCCCCCCCCCCCOc1ccc(CNC(=O)c2cc[n+](CCC)cc2)c(C)c1.[I-]. The summed E-state index contributed by atoms with van der Waals surface area (Å²) >= 11 is 0. The van der Waals surface area contributed by atoms with Crippen LogP contribution in [0.3, 0.4) is 0 Å². The first-order valence-corrected chi connectivity index (χ1v) is 13.1. The number of carbonyl (C=O) groups excluding carboxylic acids is 1. The largest absolute Gasteiger partial charge is 1.00 e. The number of nitrogens with one attached hydrogen (secondary N) is 1. The maximum atomic E-state index is 12.4. The van der Waals surface area contributed by atoms with Gasteiger partial charge in [0.25, 0.3) is 5.91 Å². The zero-order chi connectivity index (χ0) is 23.7. The van der Waals surface area contributed by atoms with Crippen molar-refractivity contribution < 1.29 is 38.1 Å². The maximum absolute atomic E-state index is 12.4. The van der Waals surface area contributed by atoms with Crippen LogP contribution in [0.4, 0.5) is 0 Å². The summed E-state index contributed by atoms with van der Waals surface area (Å²) in [5.41, 5.74) is 2.95. The van der Waals surface area contributed by atoms with Crippen molar-refractivity contribution in [3.8, 4) is 5.75 Å². The first kappa shape index (κ1) is 30.4. The molecule has 5 heteroatoms. The van der Waals surface area contributed by atoms with Crippen LogP contribution in [0, 0.1) is 6.92 Å². The van der Waals surface area contributed by atoms with Crippen LogP contribution < -0.4 is 38.6 Å². The molecule has 1 amide bonds. The average molecular weight is 581 g/mol. The standard InChI is InChI=1S/C29H44N2O2.HI/c1-4-6-7-8-9-10-11-12-13-14-22-33-28-16-15-27(25(3)23-28)24-30-29(32)26-17-20-31(19-5-2)21-18-26;/h15-18,20-21,23H,4-14,19,22,24H2,1-3H3;1H. The summed E-state index contributed by atoms with van der Waals surface area (Å²) in [6, 6.07) is 9.91. The van der Waals surface area contributed by atoms with E-state index in [0.29, 0.717) is 12.1 Å². The van der Waals surface area contributed by atoms with Gasteiger partial charge in [0.15, 0.2) is 12.4 Å². The van der Waals surface area contributed by atoms with Gasteiger partial charge < -0.3 is 34.0 Å². The minimum absolute atomic E-state index is 0. The number of pyridine rings is 1. The van der Waals surface area contributed by atoms with Crippen molar-refractivity contribution in [2.75, 3.05) is 6.61 Å². The molecule has 0 aliphatic heterocycles. The molecule has 4 nitrogen and oxygen atoms in total. The van der Waals surface area contributed by atoms with Gasteiger partial charge in [0.1, 0.15) is 12.3 Å². The highest BCUT2D eigenvalue weighted by atomic mass is 127. The summed E-state index contributed by atoms with van der Waals surface area (Å²) in [4.78, 5) is 12.4. The molecule has 0 atom stereocenters. The third-order valence-electron chi connectivity index (χ3n) is 6.16. The van der Waals surface area contributed by atoms with Crippen molar-refractivity contribution in [2.24, 2.45) is 0 Å². The Bertz CT molecular complexity index is 808. The number of hydrogen-bond donors (Lipinski definition) is 1. The molecule has 0 aliphatic rings. The third kappa shape index (κ3) is 12.2. The molecule has 0 saturated carbocycles. The zero-order valence-electron chi connectivity index (χ0n) is 21.6. The van der Waals surface area contributed by atoms with Crippen molar-refractivity contribution >= 4 is 5.91 Å². The molecule has 0 fully saturated rings. The Morgan fingerprint density at radius 1 is 0.853 bits per heavy atom. The molecule has 0 radical (unpaired) electrons. The summed E-state index contributed by atoms with van der Waals surface area (Å²) in [5, 5.41) is 3.03. The van der Waals surface area contributed by atoms with E-state index in [1.54, 1.807) is 0 Å². The highest BCUT2D eigenvalue weighted by Gasteiger charge is 2.09. The highest BCUT2D eigenvalue weighted by Crippen LogP contribution is 2.18. The summed E-state index contributed by atoms with van der Waals surface area (Å²) in [6.45, 7) is 8.75. The van der Waals surface area contributed by atoms with Gasteiger partial charge in [-0.3, -0.25) is 4.79 Å². The van der Waals surface area contributed by atoms with Crippen molar-refractivity contribution in [3.05, 3.63) is 59.4 Å². The van der Waals surface area contributed by atoms with E-state index in [9.17, 15) is 4.79 Å². The molecule has 1 N–H and O–H groups in total. The van der Waals surface area contributed by atoms with Gasteiger partial charge in [0.2, 0.25) is 0 Å². The van der Waals surface area contributed by atoms with Crippen LogP contribution in [0.5, 0.6) is 5.75 Å². The molecule has 1 heterocycles. The lowest BCUT2D eigenvalue weighted by Gasteiger charge is -2.11. The first-order valence-electron chi connectivity index (χ1n) is 13.1. The Balaban J connectivity index is 0.00000578. The molecule has 0 unspecified atom stereocenters. The molecular formula is C29H45IN2O2. The van der Waals surface area contributed by atoms with Crippen LogP contribution >= 0.6 is 0 Å². The molecular weight excluding hydrogens is 535 g/mol. The second-order valence-electron chi connectivity index (χ2n) is 9.13. The summed E-state index contributed by atoms with van der Waals surface area (Å²) in [5.74, 6) is 0.876. The quantitative estimate of drug-likeness (QED) is 0.175. The summed E-state index contributed by atoms with van der Waals surface area (Å²) in [6.07, 6.45) is 18.3. The fourth-order valence-corrected chi connectivity index (χ4v) is 4.03.